The van der Waals surface area contributed by atoms with E-state index in [1.54, 1.807) is 18.5 Å². The standard InChI is InChI=1S/C19H20ClN5O2/c20-18-14-3-4-23-16(14)2-1-15(18)19(26)24-11-17(13-9-21-12-22-10-13)25-5-7-27-8-6-25/h1-4,9-10,12,17,23H,5-8,11H2,(H,24,26). The summed E-state index contributed by atoms with van der Waals surface area (Å²) >= 11 is 6.43. The van der Waals surface area contributed by atoms with Gasteiger partial charge in [0.25, 0.3) is 5.91 Å². The summed E-state index contributed by atoms with van der Waals surface area (Å²) in [6, 6.07) is 5.45. The van der Waals surface area contributed by atoms with Gasteiger partial charge in [0.05, 0.1) is 29.8 Å². The third kappa shape index (κ3) is 3.80. The number of carbonyl (C=O) groups excluding carboxylic acids is 1. The van der Waals surface area contributed by atoms with E-state index in [0.29, 0.717) is 30.3 Å². The maximum Gasteiger partial charge on any atom is 0.252 e. The maximum atomic E-state index is 12.8. The minimum Gasteiger partial charge on any atom is -0.379 e. The van der Waals surface area contributed by atoms with Crippen LogP contribution in [0.3, 0.4) is 0 Å². The van der Waals surface area contributed by atoms with Gasteiger partial charge in [0.1, 0.15) is 6.33 Å². The zero-order chi connectivity index (χ0) is 18.6. The van der Waals surface area contributed by atoms with E-state index < -0.39 is 0 Å². The molecule has 4 rings (SSSR count). The fourth-order valence-electron chi connectivity index (χ4n) is 3.39. The fourth-order valence-corrected chi connectivity index (χ4v) is 3.70. The number of ether oxygens (including phenoxy) is 1. The number of amides is 1. The van der Waals surface area contributed by atoms with Gasteiger partial charge in [-0.2, -0.15) is 0 Å². The number of rotatable bonds is 5. The van der Waals surface area contributed by atoms with E-state index in [2.05, 4.69) is 25.2 Å². The van der Waals surface area contributed by atoms with Crippen molar-refractivity contribution in [2.24, 2.45) is 0 Å². The molecule has 0 radical (unpaired) electrons. The highest BCUT2D eigenvalue weighted by Crippen LogP contribution is 2.27. The quantitative estimate of drug-likeness (QED) is 0.704. The summed E-state index contributed by atoms with van der Waals surface area (Å²) in [5, 5.41) is 4.32. The zero-order valence-corrected chi connectivity index (χ0v) is 15.4. The Kier molecular flexibility index (Phi) is 5.33. The van der Waals surface area contributed by atoms with E-state index in [1.165, 1.54) is 6.33 Å². The van der Waals surface area contributed by atoms with Crippen LogP contribution in [0.2, 0.25) is 5.02 Å². The molecule has 7 nitrogen and oxygen atoms in total. The van der Waals surface area contributed by atoms with E-state index in [4.69, 9.17) is 16.3 Å². The number of halogens is 1. The summed E-state index contributed by atoms with van der Waals surface area (Å²) in [6.45, 7) is 3.38. The SMILES string of the molecule is O=C(NCC(c1cncnc1)N1CCOCC1)c1ccc2[nH]ccc2c1Cl. The van der Waals surface area contributed by atoms with Gasteiger partial charge in [0.15, 0.2) is 0 Å². The number of nitrogens with one attached hydrogen (secondary N) is 2. The molecule has 0 saturated carbocycles. The first-order valence-corrected chi connectivity index (χ1v) is 9.22. The summed E-state index contributed by atoms with van der Waals surface area (Å²) in [5.74, 6) is -0.196. The molecule has 1 atom stereocenters. The van der Waals surface area contributed by atoms with E-state index in [-0.39, 0.29) is 11.9 Å². The largest absolute Gasteiger partial charge is 0.379 e. The molecule has 140 valence electrons. The molecule has 0 bridgehead atoms. The number of fused-ring (bicyclic) bond motifs is 1. The topological polar surface area (TPSA) is 83.1 Å². The molecule has 1 aliphatic heterocycles. The molecule has 1 aliphatic rings. The van der Waals surface area contributed by atoms with E-state index in [9.17, 15) is 4.79 Å². The van der Waals surface area contributed by atoms with Crippen LogP contribution < -0.4 is 5.32 Å². The van der Waals surface area contributed by atoms with Crippen LogP contribution >= 0.6 is 11.6 Å². The van der Waals surface area contributed by atoms with Gasteiger partial charge in [-0.1, -0.05) is 11.6 Å². The molecule has 1 unspecified atom stereocenters. The van der Waals surface area contributed by atoms with Gasteiger partial charge in [-0.15, -0.1) is 0 Å². The molecule has 1 amide bonds. The zero-order valence-electron chi connectivity index (χ0n) is 14.7. The van der Waals surface area contributed by atoms with Crippen LogP contribution in [0.1, 0.15) is 22.0 Å². The number of carbonyl (C=O) groups is 1. The van der Waals surface area contributed by atoms with Crippen LogP contribution in [0, 0.1) is 0 Å². The van der Waals surface area contributed by atoms with E-state index >= 15 is 0 Å². The number of H-pyrrole nitrogens is 1. The monoisotopic (exact) mass is 385 g/mol. The normalized spacial score (nSPS) is 16.3. The second kappa shape index (κ2) is 8.04. The maximum absolute atomic E-state index is 12.8. The number of nitrogens with zero attached hydrogens (tertiary/aromatic N) is 3. The predicted molar refractivity (Wildman–Crippen MR) is 103 cm³/mol. The lowest BCUT2D eigenvalue weighted by Gasteiger charge is -2.34. The molecule has 1 aromatic carbocycles. The number of hydrogen-bond acceptors (Lipinski definition) is 5. The smallest absolute Gasteiger partial charge is 0.252 e. The molecular weight excluding hydrogens is 366 g/mol. The summed E-state index contributed by atoms with van der Waals surface area (Å²) in [5.41, 5.74) is 2.34. The van der Waals surface area contributed by atoms with Crippen LogP contribution in [-0.2, 0) is 4.74 Å². The predicted octanol–water partition coefficient (Wildman–Crippen LogP) is 2.41. The number of hydrogen-bond donors (Lipinski definition) is 2. The Labute approximate surface area is 161 Å². The summed E-state index contributed by atoms with van der Waals surface area (Å²) in [4.78, 5) is 26.4. The molecule has 8 heteroatoms. The fraction of sp³-hybridized carbons (Fsp3) is 0.316. The van der Waals surface area contributed by atoms with Crippen LogP contribution in [0.25, 0.3) is 10.9 Å². The van der Waals surface area contributed by atoms with Crippen LogP contribution in [-0.4, -0.2) is 58.6 Å². The average molecular weight is 386 g/mol. The molecule has 1 fully saturated rings. The Balaban J connectivity index is 1.52. The van der Waals surface area contributed by atoms with Crippen molar-refractivity contribution in [2.75, 3.05) is 32.8 Å². The highest BCUT2D eigenvalue weighted by molar-refractivity contribution is 6.38. The van der Waals surface area contributed by atoms with Gasteiger partial charge in [-0.25, -0.2) is 9.97 Å². The van der Waals surface area contributed by atoms with Crippen molar-refractivity contribution >= 4 is 28.4 Å². The van der Waals surface area contributed by atoms with Crippen molar-refractivity contribution in [3.8, 4) is 0 Å². The minimum atomic E-state index is -0.196. The lowest BCUT2D eigenvalue weighted by Crippen LogP contribution is -2.44. The molecule has 27 heavy (non-hydrogen) atoms. The first kappa shape index (κ1) is 17.9. The third-order valence-corrected chi connectivity index (χ3v) is 5.23. The van der Waals surface area contributed by atoms with Crippen molar-refractivity contribution in [3.05, 3.63) is 59.3 Å². The molecule has 1 saturated heterocycles. The molecule has 3 aromatic rings. The molecule has 3 heterocycles. The molecule has 0 aliphatic carbocycles. The van der Waals surface area contributed by atoms with Crippen LogP contribution in [0.4, 0.5) is 0 Å². The number of benzene rings is 1. The highest BCUT2D eigenvalue weighted by Gasteiger charge is 2.24. The second-order valence-electron chi connectivity index (χ2n) is 6.41. The van der Waals surface area contributed by atoms with Gasteiger partial charge in [0, 0.05) is 54.7 Å². The summed E-state index contributed by atoms with van der Waals surface area (Å²) < 4.78 is 5.45. The molecule has 2 aromatic heterocycles. The van der Waals surface area contributed by atoms with Crippen molar-refractivity contribution in [1.29, 1.82) is 0 Å². The highest BCUT2D eigenvalue weighted by atomic mass is 35.5. The lowest BCUT2D eigenvalue weighted by molar-refractivity contribution is 0.0161. The Morgan fingerprint density at radius 1 is 1.26 bits per heavy atom. The Morgan fingerprint density at radius 2 is 2.04 bits per heavy atom. The summed E-state index contributed by atoms with van der Waals surface area (Å²) in [7, 11) is 0. The number of aromatic nitrogens is 3. The van der Waals surface area contributed by atoms with Crippen molar-refractivity contribution < 1.29 is 9.53 Å². The molecular formula is C19H20ClN5O2. The van der Waals surface area contributed by atoms with Crippen molar-refractivity contribution in [2.45, 2.75) is 6.04 Å². The first-order valence-electron chi connectivity index (χ1n) is 8.84. The van der Waals surface area contributed by atoms with Crippen molar-refractivity contribution in [3.63, 3.8) is 0 Å². The number of morpholine rings is 1. The van der Waals surface area contributed by atoms with Crippen LogP contribution in [0.15, 0.2) is 43.1 Å². The Bertz CT molecular complexity index is 924. The Hall–Kier alpha value is -2.48. The van der Waals surface area contributed by atoms with Gasteiger partial charge < -0.3 is 15.0 Å². The second-order valence-corrected chi connectivity index (χ2v) is 6.79. The molecule has 0 spiro atoms. The average Bonchev–Trinajstić information content (AvgIpc) is 3.20. The van der Waals surface area contributed by atoms with Crippen LogP contribution in [0.5, 0.6) is 0 Å². The van der Waals surface area contributed by atoms with Gasteiger partial charge in [-0.05, 0) is 18.2 Å². The van der Waals surface area contributed by atoms with Gasteiger partial charge in [-0.3, -0.25) is 9.69 Å². The van der Waals surface area contributed by atoms with Gasteiger partial charge >= 0.3 is 0 Å². The lowest BCUT2D eigenvalue weighted by atomic mass is 10.1. The number of aromatic amines is 1. The summed E-state index contributed by atoms with van der Waals surface area (Å²) in [6.07, 6.45) is 6.89. The molecule has 2 N–H and O–H groups in total. The minimum absolute atomic E-state index is 0.0196. The van der Waals surface area contributed by atoms with E-state index in [0.717, 1.165) is 29.6 Å². The van der Waals surface area contributed by atoms with E-state index in [1.807, 2.05) is 18.3 Å². The Morgan fingerprint density at radius 3 is 2.81 bits per heavy atom. The third-order valence-electron chi connectivity index (χ3n) is 4.82. The first-order chi connectivity index (χ1) is 13.2. The van der Waals surface area contributed by atoms with Gasteiger partial charge in [0.2, 0.25) is 0 Å². The van der Waals surface area contributed by atoms with Crippen molar-refractivity contribution in [1.82, 2.24) is 25.2 Å².